The SMILES string of the molecule is CC(c1nnc(SCC(=O)Nc2ccc([N+](=O)[O-])cc2Cl)n1-c1ccc(F)cc1)N1CCCCC1. The maximum atomic E-state index is 13.6. The number of hydrogen-bond acceptors (Lipinski definition) is 7. The minimum Gasteiger partial charge on any atom is -0.324 e. The van der Waals surface area contributed by atoms with Crippen molar-refractivity contribution in [1.82, 2.24) is 19.7 Å². The number of nitrogens with one attached hydrogen (secondary N) is 1. The van der Waals surface area contributed by atoms with E-state index in [1.54, 1.807) is 12.1 Å². The molecular formula is C23H24ClFN6O3S. The van der Waals surface area contributed by atoms with E-state index >= 15 is 0 Å². The van der Waals surface area contributed by atoms with Gasteiger partial charge in [-0.2, -0.15) is 0 Å². The van der Waals surface area contributed by atoms with Gasteiger partial charge in [0.2, 0.25) is 5.91 Å². The molecule has 1 aromatic heterocycles. The Morgan fingerprint density at radius 1 is 1.20 bits per heavy atom. The number of anilines is 1. The highest BCUT2D eigenvalue weighted by molar-refractivity contribution is 7.99. The maximum Gasteiger partial charge on any atom is 0.271 e. The van der Waals surface area contributed by atoms with Gasteiger partial charge in [0.1, 0.15) is 5.82 Å². The molecule has 2 heterocycles. The summed E-state index contributed by atoms with van der Waals surface area (Å²) < 4.78 is 15.4. The summed E-state index contributed by atoms with van der Waals surface area (Å²) in [6, 6.07) is 9.91. The average Bonchev–Trinajstić information content (AvgIpc) is 3.28. The Labute approximate surface area is 210 Å². The van der Waals surface area contributed by atoms with E-state index in [1.807, 2.05) is 4.57 Å². The van der Waals surface area contributed by atoms with Crippen LogP contribution in [0.15, 0.2) is 47.6 Å². The molecule has 4 rings (SSSR count). The van der Waals surface area contributed by atoms with Crippen molar-refractivity contribution in [1.29, 1.82) is 0 Å². The number of aromatic nitrogens is 3. The Kier molecular flexibility index (Phi) is 7.99. The van der Waals surface area contributed by atoms with Crippen LogP contribution in [0, 0.1) is 15.9 Å². The molecule has 1 saturated heterocycles. The number of carbonyl (C=O) groups excluding carboxylic acids is 1. The van der Waals surface area contributed by atoms with Crippen LogP contribution in [0.25, 0.3) is 5.69 Å². The number of nitrogens with zero attached hydrogens (tertiary/aromatic N) is 5. The normalized spacial score (nSPS) is 15.1. The number of hydrogen-bond donors (Lipinski definition) is 1. The molecule has 1 unspecified atom stereocenters. The molecule has 0 aliphatic carbocycles. The number of amides is 1. The number of non-ortho nitro benzene ring substituents is 1. The molecular weight excluding hydrogens is 495 g/mol. The summed E-state index contributed by atoms with van der Waals surface area (Å²) in [4.78, 5) is 25.3. The molecule has 35 heavy (non-hydrogen) atoms. The first-order chi connectivity index (χ1) is 16.8. The first kappa shape index (κ1) is 25.1. The molecule has 9 nitrogen and oxygen atoms in total. The Balaban J connectivity index is 1.53. The van der Waals surface area contributed by atoms with E-state index in [2.05, 4.69) is 27.3 Å². The fraction of sp³-hybridized carbons (Fsp3) is 0.348. The predicted molar refractivity (Wildman–Crippen MR) is 133 cm³/mol. The number of nitro groups is 1. The fourth-order valence-electron chi connectivity index (χ4n) is 3.98. The number of carbonyl (C=O) groups is 1. The number of benzene rings is 2. The molecule has 184 valence electrons. The number of halogens is 2. The lowest BCUT2D eigenvalue weighted by atomic mass is 10.1. The Morgan fingerprint density at radius 2 is 1.91 bits per heavy atom. The summed E-state index contributed by atoms with van der Waals surface area (Å²) in [7, 11) is 0. The van der Waals surface area contributed by atoms with Crippen molar-refractivity contribution in [2.45, 2.75) is 37.4 Å². The molecule has 1 fully saturated rings. The van der Waals surface area contributed by atoms with E-state index in [0.717, 1.165) is 31.8 Å². The third-order valence-electron chi connectivity index (χ3n) is 5.83. The molecule has 2 aromatic carbocycles. The summed E-state index contributed by atoms with van der Waals surface area (Å²) in [5.74, 6) is 0.0240. The second-order valence-corrected chi connectivity index (χ2v) is 9.53. The molecule has 0 radical (unpaired) electrons. The zero-order chi connectivity index (χ0) is 24.9. The summed E-state index contributed by atoms with van der Waals surface area (Å²) >= 11 is 7.26. The van der Waals surface area contributed by atoms with Crippen molar-refractivity contribution in [2.24, 2.45) is 0 Å². The van der Waals surface area contributed by atoms with Crippen LogP contribution in [0.3, 0.4) is 0 Å². The number of nitro benzene ring substituents is 1. The molecule has 1 amide bonds. The van der Waals surface area contributed by atoms with E-state index in [1.165, 1.54) is 48.5 Å². The minimum atomic E-state index is -0.557. The smallest absolute Gasteiger partial charge is 0.271 e. The van der Waals surface area contributed by atoms with E-state index in [-0.39, 0.29) is 39.9 Å². The maximum absolute atomic E-state index is 13.6. The number of rotatable bonds is 8. The number of likely N-dealkylation sites (tertiary alicyclic amines) is 1. The highest BCUT2D eigenvalue weighted by atomic mass is 35.5. The topological polar surface area (TPSA) is 106 Å². The van der Waals surface area contributed by atoms with Crippen LogP contribution in [-0.2, 0) is 4.79 Å². The van der Waals surface area contributed by atoms with Crippen LogP contribution in [-0.4, -0.2) is 49.3 Å². The van der Waals surface area contributed by atoms with Gasteiger partial charge >= 0.3 is 0 Å². The lowest BCUT2D eigenvalue weighted by Gasteiger charge is -2.31. The Hall–Kier alpha value is -3.02. The predicted octanol–water partition coefficient (Wildman–Crippen LogP) is 5.25. The largest absolute Gasteiger partial charge is 0.324 e. The molecule has 0 spiro atoms. The lowest BCUT2D eigenvalue weighted by molar-refractivity contribution is -0.384. The van der Waals surface area contributed by atoms with Gasteiger partial charge in [0.25, 0.3) is 5.69 Å². The van der Waals surface area contributed by atoms with Gasteiger partial charge in [0.15, 0.2) is 11.0 Å². The van der Waals surface area contributed by atoms with Gasteiger partial charge in [0, 0.05) is 17.8 Å². The van der Waals surface area contributed by atoms with E-state index < -0.39 is 4.92 Å². The molecule has 1 aliphatic heterocycles. The van der Waals surface area contributed by atoms with Crippen LogP contribution >= 0.6 is 23.4 Å². The van der Waals surface area contributed by atoms with Gasteiger partial charge in [-0.15, -0.1) is 10.2 Å². The molecule has 1 N–H and O–H groups in total. The Morgan fingerprint density at radius 3 is 2.57 bits per heavy atom. The number of piperidine rings is 1. The zero-order valence-corrected chi connectivity index (χ0v) is 20.6. The monoisotopic (exact) mass is 518 g/mol. The van der Waals surface area contributed by atoms with E-state index in [4.69, 9.17) is 11.6 Å². The van der Waals surface area contributed by atoms with Crippen molar-refractivity contribution in [3.05, 3.63) is 69.2 Å². The summed E-state index contributed by atoms with van der Waals surface area (Å²) in [5, 5.41) is 22.9. The van der Waals surface area contributed by atoms with E-state index in [0.29, 0.717) is 10.8 Å². The van der Waals surface area contributed by atoms with E-state index in [9.17, 15) is 19.3 Å². The quantitative estimate of drug-likeness (QED) is 0.247. The third kappa shape index (κ3) is 5.98. The van der Waals surface area contributed by atoms with Crippen LogP contribution < -0.4 is 5.32 Å². The third-order valence-corrected chi connectivity index (χ3v) is 7.07. The van der Waals surface area contributed by atoms with Gasteiger partial charge in [-0.1, -0.05) is 29.8 Å². The highest BCUT2D eigenvalue weighted by Gasteiger charge is 2.26. The standard InChI is InChI=1S/C23H24ClFN6O3S/c1-15(29-11-3-2-4-12-29)22-27-28-23(30(22)17-7-5-16(25)6-8-17)35-14-21(32)26-20-10-9-18(31(33)34)13-19(20)24/h5-10,13,15H,2-4,11-12,14H2,1H3,(H,26,32). The summed E-state index contributed by atoms with van der Waals surface area (Å²) in [5.41, 5.74) is 0.823. The second kappa shape index (κ2) is 11.1. The molecule has 12 heteroatoms. The van der Waals surface area contributed by atoms with Crippen LogP contribution in [0.2, 0.25) is 5.02 Å². The van der Waals surface area contributed by atoms with Crippen molar-refractivity contribution >= 4 is 40.6 Å². The Bertz CT molecular complexity index is 1220. The zero-order valence-electron chi connectivity index (χ0n) is 19.0. The van der Waals surface area contributed by atoms with Crippen molar-refractivity contribution in [2.75, 3.05) is 24.2 Å². The molecule has 0 bridgehead atoms. The summed E-state index contributed by atoms with van der Waals surface area (Å²) in [6.45, 7) is 4.02. The van der Waals surface area contributed by atoms with Crippen LogP contribution in [0.5, 0.6) is 0 Å². The molecule has 3 aromatic rings. The second-order valence-electron chi connectivity index (χ2n) is 8.18. The highest BCUT2D eigenvalue weighted by Crippen LogP contribution is 2.30. The summed E-state index contributed by atoms with van der Waals surface area (Å²) in [6.07, 6.45) is 3.47. The van der Waals surface area contributed by atoms with Gasteiger partial charge in [-0.3, -0.25) is 24.4 Å². The fourth-order valence-corrected chi connectivity index (χ4v) is 4.96. The van der Waals surface area contributed by atoms with Crippen LogP contribution in [0.4, 0.5) is 15.8 Å². The lowest BCUT2D eigenvalue weighted by Crippen LogP contribution is -2.33. The first-order valence-corrected chi connectivity index (χ1v) is 12.5. The molecule has 1 aliphatic rings. The van der Waals surface area contributed by atoms with Crippen molar-refractivity contribution in [3.8, 4) is 5.69 Å². The number of thioether (sulfide) groups is 1. The molecule has 1 atom stereocenters. The minimum absolute atomic E-state index is 0.00468. The van der Waals surface area contributed by atoms with Gasteiger partial charge < -0.3 is 5.32 Å². The van der Waals surface area contributed by atoms with Crippen molar-refractivity contribution in [3.63, 3.8) is 0 Å². The first-order valence-electron chi connectivity index (χ1n) is 11.2. The van der Waals surface area contributed by atoms with Gasteiger partial charge in [0.05, 0.1) is 27.4 Å². The van der Waals surface area contributed by atoms with Gasteiger partial charge in [-0.25, -0.2) is 4.39 Å². The van der Waals surface area contributed by atoms with Crippen molar-refractivity contribution < 1.29 is 14.1 Å². The van der Waals surface area contributed by atoms with Gasteiger partial charge in [-0.05, 0) is 63.2 Å². The average molecular weight is 519 g/mol. The van der Waals surface area contributed by atoms with Crippen LogP contribution in [0.1, 0.15) is 38.1 Å². The molecule has 0 saturated carbocycles.